The predicted molar refractivity (Wildman–Crippen MR) is 86.4 cm³/mol. The second-order valence-corrected chi connectivity index (χ2v) is 6.71. The van der Waals surface area contributed by atoms with Gasteiger partial charge in [-0.15, -0.1) is 0 Å². The van der Waals surface area contributed by atoms with Gasteiger partial charge >= 0.3 is 0 Å². The topological polar surface area (TPSA) is 98.2 Å². The summed E-state index contributed by atoms with van der Waals surface area (Å²) in [6.45, 7) is 3.54. The maximum Gasteiger partial charge on any atom is 0.238 e. The van der Waals surface area contributed by atoms with Gasteiger partial charge in [0.05, 0.1) is 4.90 Å². The summed E-state index contributed by atoms with van der Waals surface area (Å²) in [7, 11) is -3.84. The van der Waals surface area contributed by atoms with Crippen LogP contribution >= 0.6 is 11.6 Å². The van der Waals surface area contributed by atoms with Crippen LogP contribution in [0, 0.1) is 13.8 Å². The molecule has 0 aliphatic carbocycles. The summed E-state index contributed by atoms with van der Waals surface area (Å²) >= 11 is 6.07. The summed E-state index contributed by atoms with van der Waals surface area (Å²) < 4.78 is 23.2. The van der Waals surface area contributed by atoms with Gasteiger partial charge in [0.15, 0.2) is 0 Å². The second-order valence-electron chi connectivity index (χ2n) is 4.77. The van der Waals surface area contributed by atoms with Crippen molar-refractivity contribution in [1.82, 2.24) is 0 Å². The van der Waals surface area contributed by atoms with Crippen LogP contribution in [0.4, 0.5) is 17.1 Å². The summed E-state index contributed by atoms with van der Waals surface area (Å²) in [6.07, 6.45) is 0. The quantitative estimate of drug-likeness (QED) is 0.755. The van der Waals surface area contributed by atoms with Crippen LogP contribution in [0.1, 0.15) is 11.1 Å². The van der Waals surface area contributed by atoms with Gasteiger partial charge in [0.2, 0.25) is 10.0 Å². The molecule has 0 amide bonds. The third-order valence-electron chi connectivity index (χ3n) is 3.23. The molecule has 0 saturated carbocycles. The first-order valence-electron chi connectivity index (χ1n) is 6.15. The molecule has 2 aromatic carbocycles. The Morgan fingerprint density at radius 3 is 2.38 bits per heavy atom. The van der Waals surface area contributed by atoms with E-state index in [0.717, 1.165) is 11.3 Å². The first-order chi connectivity index (χ1) is 9.70. The summed E-state index contributed by atoms with van der Waals surface area (Å²) in [4.78, 5) is 0.00433. The molecule has 0 radical (unpaired) electrons. The van der Waals surface area contributed by atoms with E-state index in [1.165, 1.54) is 6.07 Å². The van der Waals surface area contributed by atoms with E-state index in [1.807, 2.05) is 13.0 Å². The third-order valence-corrected chi connectivity index (χ3v) is 4.67. The summed E-state index contributed by atoms with van der Waals surface area (Å²) in [5, 5.41) is 8.98. The van der Waals surface area contributed by atoms with Crippen molar-refractivity contribution in [2.75, 3.05) is 11.1 Å². The molecule has 5 N–H and O–H groups in total. The minimum absolute atomic E-state index is 0.00433. The van der Waals surface area contributed by atoms with E-state index in [0.29, 0.717) is 22.0 Å². The molecule has 0 spiro atoms. The van der Waals surface area contributed by atoms with Gasteiger partial charge in [-0.25, -0.2) is 13.6 Å². The molecule has 0 aliphatic rings. The van der Waals surface area contributed by atoms with Gasteiger partial charge in [0.25, 0.3) is 0 Å². The Balaban J connectivity index is 2.55. The number of anilines is 3. The van der Waals surface area contributed by atoms with Gasteiger partial charge < -0.3 is 11.1 Å². The maximum atomic E-state index is 11.6. The lowest BCUT2D eigenvalue weighted by molar-refractivity contribution is 0.597. The Labute approximate surface area is 129 Å². The Kier molecular flexibility index (Phi) is 4.13. The smallest absolute Gasteiger partial charge is 0.238 e. The highest BCUT2D eigenvalue weighted by molar-refractivity contribution is 7.89. The van der Waals surface area contributed by atoms with E-state index < -0.39 is 10.0 Å². The monoisotopic (exact) mass is 325 g/mol. The lowest BCUT2D eigenvalue weighted by Crippen LogP contribution is -2.15. The average Bonchev–Trinajstić information content (AvgIpc) is 2.37. The minimum atomic E-state index is -3.84. The van der Waals surface area contributed by atoms with Crippen LogP contribution < -0.4 is 16.2 Å². The van der Waals surface area contributed by atoms with Crippen LogP contribution in [0.2, 0.25) is 5.02 Å². The van der Waals surface area contributed by atoms with E-state index in [4.69, 9.17) is 22.5 Å². The minimum Gasteiger partial charge on any atom is -0.399 e. The first kappa shape index (κ1) is 15.6. The van der Waals surface area contributed by atoms with Crippen molar-refractivity contribution in [3.63, 3.8) is 0 Å². The Hall–Kier alpha value is -1.76. The number of nitrogens with one attached hydrogen (secondary N) is 1. The number of halogens is 1. The van der Waals surface area contributed by atoms with Crippen molar-refractivity contribution in [3.05, 3.63) is 46.5 Å². The molecule has 112 valence electrons. The fourth-order valence-electron chi connectivity index (χ4n) is 2.02. The van der Waals surface area contributed by atoms with Gasteiger partial charge in [-0.3, -0.25) is 0 Å². The van der Waals surface area contributed by atoms with Gasteiger partial charge in [0.1, 0.15) is 0 Å². The molecule has 0 fully saturated rings. The second kappa shape index (κ2) is 5.55. The number of hydrogen-bond donors (Lipinski definition) is 3. The normalized spacial score (nSPS) is 11.4. The Morgan fingerprint density at radius 1 is 1.10 bits per heavy atom. The number of nitrogens with two attached hydrogens (primary N) is 2. The molecule has 5 nitrogen and oxygen atoms in total. The molecule has 7 heteroatoms. The van der Waals surface area contributed by atoms with Crippen molar-refractivity contribution in [1.29, 1.82) is 0 Å². The van der Waals surface area contributed by atoms with Crippen molar-refractivity contribution in [3.8, 4) is 0 Å². The summed E-state index contributed by atoms with van der Waals surface area (Å²) in [6, 6.07) is 8.44. The molecule has 0 aliphatic heterocycles. The van der Waals surface area contributed by atoms with Gasteiger partial charge in [-0.05, 0) is 49.2 Å². The van der Waals surface area contributed by atoms with E-state index in [2.05, 4.69) is 5.32 Å². The first-order valence-corrected chi connectivity index (χ1v) is 8.07. The van der Waals surface area contributed by atoms with Crippen molar-refractivity contribution in [2.45, 2.75) is 18.7 Å². The molecule has 0 bridgehead atoms. The molecular formula is C14H16ClN3O2S. The van der Waals surface area contributed by atoms with Crippen LogP contribution in [-0.2, 0) is 10.0 Å². The van der Waals surface area contributed by atoms with Crippen molar-refractivity contribution < 1.29 is 8.42 Å². The lowest BCUT2D eigenvalue weighted by atomic mass is 10.1. The van der Waals surface area contributed by atoms with E-state index in [9.17, 15) is 8.42 Å². The number of hydrogen-bond acceptors (Lipinski definition) is 4. The van der Waals surface area contributed by atoms with Crippen LogP contribution in [0.3, 0.4) is 0 Å². The van der Waals surface area contributed by atoms with Crippen LogP contribution in [0.25, 0.3) is 0 Å². The number of sulfonamides is 1. The zero-order valence-electron chi connectivity index (χ0n) is 11.6. The number of benzene rings is 2. The highest BCUT2D eigenvalue weighted by atomic mass is 35.5. The van der Waals surface area contributed by atoms with E-state index in [1.54, 1.807) is 25.1 Å². The van der Waals surface area contributed by atoms with Gasteiger partial charge in [-0.1, -0.05) is 17.7 Å². The Bertz CT molecular complexity index is 804. The number of primary sulfonamides is 1. The largest absolute Gasteiger partial charge is 0.399 e. The third kappa shape index (κ3) is 3.29. The SMILES string of the molecule is Cc1c(Cl)cccc1Nc1cc(N)cc(S(N)(=O)=O)c1C. The average molecular weight is 326 g/mol. The molecule has 0 unspecified atom stereocenters. The van der Waals surface area contributed by atoms with Crippen LogP contribution in [0.5, 0.6) is 0 Å². The predicted octanol–water partition coefficient (Wildman–Crippen LogP) is 2.93. The fraction of sp³-hybridized carbons (Fsp3) is 0.143. The molecule has 0 atom stereocenters. The molecule has 0 heterocycles. The van der Waals surface area contributed by atoms with Crippen LogP contribution in [-0.4, -0.2) is 8.42 Å². The van der Waals surface area contributed by atoms with E-state index >= 15 is 0 Å². The molecular weight excluding hydrogens is 310 g/mol. The van der Waals surface area contributed by atoms with Gasteiger partial charge in [0, 0.05) is 22.1 Å². The zero-order chi connectivity index (χ0) is 15.8. The van der Waals surface area contributed by atoms with E-state index in [-0.39, 0.29) is 4.90 Å². The number of nitrogen functional groups attached to an aromatic ring is 1. The standard InChI is InChI=1S/C14H16ClN3O2S/c1-8-11(15)4-3-5-12(8)18-13-6-10(16)7-14(9(13)2)21(17,19)20/h3-7,18H,16H2,1-2H3,(H2,17,19,20). The molecule has 0 aromatic heterocycles. The maximum absolute atomic E-state index is 11.6. The highest BCUT2D eigenvalue weighted by Gasteiger charge is 2.16. The van der Waals surface area contributed by atoms with Crippen molar-refractivity contribution in [2.24, 2.45) is 5.14 Å². The zero-order valence-corrected chi connectivity index (χ0v) is 13.2. The van der Waals surface area contributed by atoms with Crippen molar-refractivity contribution >= 4 is 38.7 Å². The Morgan fingerprint density at radius 2 is 1.76 bits per heavy atom. The fourth-order valence-corrected chi connectivity index (χ4v) is 3.03. The number of rotatable bonds is 3. The van der Waals surface area contributed by atoms with Gasteiger partial charge in [-0.2, -0.15) is 0 Å². The molecule has 0 saturated heterocycles. The summed E-state index contributed by atoms with van der Waals surface area (Å²) in [5.41, 5.74) is 8.79. The summed E-state index contributed by atoms with van der Waals surface area (Å²) in [5.74, 6) is 0. The molecule has 21 heavy (non-hydrogen) atoms. The molecule has 2 aromatic rings. The molecule has 2 rings (SSSR count). The highest BCUT2D eigenvalue weighted by Crippen LogP contribution is 2.31. The lowest BCUT2D eigenvalue weighted by Gasteiger charge is -2.15. The van der Waals surface area contributed by atoms with Crippen LogP contribution in [0.15, 0.2) is 35.2 Å².